The van der Waals surface area contributed by atoms with Crippen molar-refractivity contribution in [3.8, 4) is 0 Å². The second-order valence-electron chi connectivity index (χ2n) is 3.99. The van der Waals surface area contributed by atoms with Gasteiger partial charge in [0.2, 0.25) is 0 Å². The van der Waals surface area contributed by atoms with Crippen LogP contribution >= 0.6 is 0 Å². The number of nitrogens with zero attached hydrogens (tertiary/aromatic N) is 1. The zero-order valence-electron chi connectivity index (χ0n) is 10.2. The van der Waals surface area contributed by atoms with Crippen molar-refractivity contribution < 1.29 is 4.74 Å². The molecule has 0 unspecified atom stereocenters. The maximum atomic E-state index is 5.94. The van der Waals surface area contributed by atoms with Gasteiger partial charge in [-0.1, -0.05) is 0 Å². The first-order valence-electron chi connectivity index (χ1n) is 5.60. The van der Waals surface area contributed by atoms with Crippen LogP contribution < -0.4 is 11.1 Å². The maximum absolute atomic E-state index is 5.94. The maximum Gasteiger partial charge on any atom is 0.0635 e. The van der Waals surface area contributed by atoms with E-state index in [9.17, 15) is 0 Å². The highest BCUT2D eigenvalue weighted by atomic mass is 16.5. The minimum Gasteiger partial charge on any atom is -0.398 e. The molecule has 0 aliphatic carbocycles. The van der Waals surface area contributed by atoms with E-state index in [4.69, 9.17) is 10.5 Å². The summed E-state index contributed by atoms with van der Waals surface area (Å²) in [7, 11) is 1.69. The van der Waals surface area contributed by atoms with Crippen LogP contribution in [0.2, 0.25) is 0 Å². The Labute approximate surface area is 101 Å². The highest BCUT2D eigenvalue weighted by molar-refractivity contribution is 6.00. The summed E-state index contributed by atoms with van der Waals surface area (Å²) < 4.78 is 5.02. The fraction of sp³-hybridized carbons (Fsp3) is 0.308. The fourth-order valence-electron chi connectivity index (χ4n) is 1.81. The first kappa shape index (κ1) is 11.7. The average Bonchev–Trinajstić information content (AvgIpc) is 2.32. The molecule has 0 aliphatic rings. The van der Waals surface area contributed by atoms with Gasteiger partial charge in [-0.3, -0.25) is 4.98 Å². The number of hydrogen-bond acceptors (Lipinski definition) is 4. The molecule has 4 nitrogen and oxygen atoms in total. The van der Waals surface area contributed by atoms with E-state index in [2.05, 4.69) is 10.3 Å². The third-order valence-electron chi connectivity index (χ3n) is 2.69. The predicted molar refractivity (Wildman–Crippen MR) is 71.3 cm³/mol. The van der Waals surface area contributed by atoms with Crippen LogP contribution in [0.1, 0.15) is 5.69 Å². The average molecular weight is 231 g/mol. The molecule has 0 aliphatic heterocycles. The zero-order chi connectivity index (χ0) is 12.3. The summed E-state index contributed by atoms with van der Waals surface area (Å²) in [6, 6.07) is 5.93. The van der Waals surface area contributed by atoms with Crippen molar-refractivity contribution in [1.29, 1.82) is 0 Å². The Morgan fingerprint density at radius 2 is 2.18 bits per heavy atom. The molecule has 0 spiro atoms. The van der Waals surface area contributed by atoms with Crippen LogP contribution in [0.5, 0.6) is 0 Å². The van der Waals surface area contributed by atoms with E-state index in [1.807, 2.05) is 31.3 Å². The van der Waals surface area contributed by atoms with E-state index < -0.39 is 0 Å². The molecule has 0 amide bonds. The Morgan fingerprint density at radius 1 is 1.35 bits per heavy atom. The third-order valence-corrected chi connectivity index (χ3v) is 2.69. The molecule has 4 heteroatoms. The number of nitrogens with one attached hydrogen (secondary N) is 1. The van der Waals surface area contributed by atoms with Crippen LogP contribution in [0.15, 0.2) is 24.4 Å². The number of rotatable bonds is 4. The van der Waals surface area contributed by atoms with E-state index in [1.54, 1.807) is 7.11 Å². The summed E-state index contributed by atoms with van der Waals surface area (Å²) in [6.07, 6.45) is 1.82. The second kappa shape index (κ2) is 5.01. The number of benzene rings is 1. The number of ether oxygens (including phenoxy) is 1. The topological polar surface area (TPSA) is 60.2 Å². The number of aromatic nitrogens is 1. The van der Waals surface area contributed by atoms with Crippen molar-refractivity contribution in [2.24, 2.45) is 0 Å². The molecule has 2 aromatic rings. The molecule has 0 atom stereocenters. The van der Waals surface area contributed by atoms with Crippen LogP contribution in [0, 0.1) is 6.92 Å². The summed E-state index contributed by atoms with van der Waals surface area (Å²) in [5.41, 5.74) is 8.74. The van der Waals surface area contributed by atoms with Gasteiger partial charge in [-0.15, -0.1) is 0 Å². The summed E-state index contributed by atoms with van der Waals surface area (Å²) in [6.45, 7) is 3.42. The van der Waals surface area contributed by atoms with Crippen LogP contribution in [0.25, 0.3) is 10.8 Å². The van der Waals surface area contributed by atoms with E-state index in [0.717, 1.165) is 34.4 Å². The number of methoxy groups -OCH3 is 1. The molecule has 0 saturated carbocycles. The lowest BCUT2D eigenvalue weighted by molar-refractivity contribution is 0.211. The van der Waals surface area contributed by atoms with Crippen LogP contribution in [0.4, 0.5) is 11.4 Å². The minimum atomic E-state index is 0.677. The van der Waals surface area contributed by atoms with Crippen molar-refractivity contribution in [1.82, 2.24) is 4.98 Å². The largest absolute Gasteiger partial charge is 0.398 e. The molecule has 1 aromatic carbocycles. The summed E-state index contributed by atoms with van der Waals surface area (Å²) in [5, 5.41) is 5.42. The van der Waals surface area contributed by atoms with Gasteiger partial charge in [-0.05, 0) is 25.1 Å². The summed E-state index contributed by atoms with van der Waals surface area (Å²) >= 11 is 0. The third kappa shape index (κ3) is 2.47. The number of pyridine rings is 1. The number of fused-ring (bicyclic) bond motifs is 1. The SMILES string of the molecule is COCCNc1ccc(N)c2cnc(C)cc12. The van der Waals surface area contributed by atoms with Gasteiger partial charge in [0.1, 0.15) is 0 Å². The van der Waals surface area contributed by atoms with Crippen molar-refractivity contribution >= 4 is 22.1 Å². The van der Waals surface area contributed by atoms with Gasteiger partial charge >= 0.3 is 0 Å². The van der Waals surface area contributed by atoms with E-state index in [0.29, 0.717) is 6.61 Å². The summed E-state index contributed by atoms with van der Waals surface area (Å²) in [4.78, 5) is 4.27. The molecule has 17 heavy (non-hydrogen) atoms. The quantitative estimate of drug-likeness (QED) is 0.625. The van der Waals surface area contributed by atoms with Gasteiger partial charge in [-0.2, -0.15) is 0 Å². The Morgan fingerprint density at radius 3 is 2.94 bits per heavy atom. The van der Waals surface area contributed by atoms with Crippen molar-refractivity contribution in [3.63, 3.8) is 0 Å². The molecule has 1 aromatic heterocycles. The highest BCUT2D eigenvalue weighted by Gasteiger charge is 2.04. The zero-order valence-corrected chi connectivity index (χ0v) is 10.2. The van der Waals surface area contributed by atoms with Crippen molar-refractivity contribution in [2.75, 3.05) is 31.3 Å². The summed E-state index contributed by atoms with van der Waals surface area (Å²) in [5.74, 6) is 0. The molecule has 0 bridgehead atoms. The lowest BCUT2D eigenvalue weighted by Gasteiger charge is -2.11. The van der Waals surface area contributed by atoms with E-state index in [-0.39, 0.29) is 0 Å². The molecule has 3 N–H and O–H groups in total. The molecule has 0 saturated heterocycles. The second-order valence-corrected chi connectivity index (χ2v) is 3.99. The number of aryl methyl sites for hydroxylation is 1. The van der Waals surface area contributed by atoms with Gasteiger partial charge < -0.3 is 15.8 Å². The fourth-order valence-corrected chi connectivity index (χ4v) is 1.81. The molecular weight excluding hydrogens is 214 g/mol. The van der Waals surface area contributed by atoms with Crippen LogP contribution in [-0.2, 0) is 4.74 Å². The van der Waals surface area contributed by atoms with Crippen molar-refractivity contribution in [3.05, 3.63) is 30.1 Å². The Hall–Kier alpha value is -1.81. The number of hydrogen-bond donors (Lipinski definition) is 2. The van der Waals surface area contributed by atoms with Gasteiger partial charge in [-0.25, -0.2) is 0 Å². The Bertz CT molecular complexity index is 525. The van der Waals surface area contributed by atoms with Gasteiger partial charge in [0.25, 0.3) is 0 Å². The predicted octanol–water partition coefficient (Wildman–Crippen LogP) is 2.18. The van der Waals surface area contributed by atoms with Crippen LogP contribution in [0.3, 0.4) is 0 Å². The molecule has 90 valence electrons. The monoisotopic (exact) mass is 231 g/mol. The van der Waals surface area contributed by atoms with Crippen molar-refractivity contribution in [2.45, 2.75) is 6.92 Å². The first-order valence-corrected chi connectivity index (χ1v) is 5.60. The minimum absolute atomic E-state index is 0.677. The molecule has 0 fully saturated rings. The number of anilines is 2. The van der Waals surface area contributed by atoms with Crippen LogP contribution in [-0.4, -0.2) is 25.2 Å². The van der Waals surface area contributed by atoms with Gasteiger partial charge in [0.05, 0.1) is 6.61 Å². The molecule has 0 radical (unpaired) electrons. The number of nitrogens with two attached hydrogens (primary N) is 1. The van der Waals surface area contributed by atoms with E-state index in [1.165, 1.54) is 0 Å². The first-order chi connectivity index (χ1) is 8.22. The highest BCUT2D eigenvalue weighted by Crippen LogP contribution is 2.28. The molecular formula is C13H17N3O. The molecule has 2 rings (SSSR count). The standard InChI is InChI=1S/C13H17N3O/c1-9-7-10-11(8-16-9)12(14)3-4-13(10)15-5-6-17-2/h3-4,7-8,15H,5-6,14H2,1-2H3. The lowest BCUT2D eigenvalue weighted by Crippen LogP contribution is -2.08. The van der Waals surface area contributed by atoms with Gasteiger partial charge in [0.15, 0.2) is 0 Å². The number of nitrogen functional groups attached to an aromatic ring is 1. The Balaban J connectivity index is 2.41. The lowest BCUT2D eigenvalue weighted by atomic mass is 10.1. The smallest absolute Gasteiger partial charge is 0.0635 e. The van der Waals surface area contributed by atoms with Gasteiger partial charge in [0, 0.05) is 47.7 Å². The Kier molecular flexibility index (Phi) is 3.44. The molecule has 1 heterocycles. The van der Waals surface area contributed by atoms with E-state index >= 15 is 0 Å². The normalized spacial score (nSPS) is 10.7.